The summed E-state index contributed by atoms with van der Waals surface area (Å²) >= 11 is 0. The van der Waals surface area contributed by atoms with Gasteiger partial charge < -0.3 is 4.90 Å². The van der Waals surface area contributed by atoms with Gasteiger partial charge in [0.1, 0.15) is 0 Å². The smallest absolute Gasteiger partial charge is 0.254 e. The molecule has 0 saturated carbocycles. The van der Waals surface area contributed by atoms with E-state index in [0.29, 0.717) is 5.56 Å². The highest BCUT2D eigenvalue weighted by Crippen LogP contribution is 2.16. The number of pyridine rings is 1. The fourth-order valence-electron chi connectivity index (χ4n) is 2.51. The van der Waals surface area contributed by atoms with Crippen molar-refractivity contribution >= 4 is 11.7 Å². The molecular formula is C20H20N2O3. The van der Waals surface area contributed by atoms with Crippen molar-refractivity contribution in [3.8, 4) is 0 Å². The molecule has 0 spiro atoms. The van der Waals surface area contributed by atoms with Crippen LogP contribution in [-0.4, -0.2) is 34.2 Å². The van der Waals surface area contributed by atoms with Crippen LogP contribution in [0.3, 0.4) is 0 Å². The van der Waals surface area contributed by atoms with Gasteiger partial charge in [0.15, 0.2) is 11.8 Å². The zero-order valence-electron chi connectivity index (χ0n) is 13.9. The van der Waals surface area contributed by atoms with Crippen molar-refractivity contribution in [2.24, 2.45) is 0 Å². The number of benzene rings is 1. The van der Waals surface area contributed by atoms with E-state index in [9.17, 15) is 14.4 Å². The molecule has 0 aliphatic carbocycles. The van der Waals surface area contributed by atoms with Crippen molar-refractivity contribution < 1.29 is 9.59 Å². The summed E-state index contributed by atoms with van der Waals surface area (Å²) in [4.78, 5) is 39.7. The van der Waals surface area contributed by atoms with E-state index >= 15 is 0 Å². The highest BCUT2D eigenvalue weighted by molar-refractivity contribution is 6.11. The van der Waals surface area contributed by atoms with Crippen LogP contribution in [0.4, 0.5) is 0 Å². The van der Waals surface area contributed by atoms with Crippen LogP contribution in [0.1, 0.15) is 16.4 Å². The minimum atomic E-state index is -1.27. The molecule has 0 saturated heterocycles. The molecule has 25 heavy (non-hydrogen) atoms. The Morgan fingerprint density at radius 3 is 2.16 bits per heavy atom. The minimum Gasteiger partial charge on any atom is -0.333 e. The van der Waals surface area contributed by atoms with E-state index in [0.717, 1.165) is 4.57 Å². The highest BCUT2D eigenvalue weighted by Gasteiger charge is 2.32. The quantitative estimate of drug-likeness (QED) is 0.423. The maximum atomic E-state index is 13.0. The lowest BCUT2D eigenvalue weighted by Crippen LogP contribution is -2.43. The molecule has 2 aromatic rings. The number of rotatable bonds is 8. The molecule has 1 aromatic carbocycles. The third-order valence-corrected chi connectivity index (χ3v) is 3.68. The van der Waals surface area contributed by atoms with Gasteiger partial charge in [0.05, 0.1) is 0 Å². The third kappa shape index (κ3) is 4.20. The molecule has 1 heterocycles. The SMILES string of the molecule is C=CCN(CC=C)C(=O)C(C(=O)c1ccccc1)n1ccccc1=O. The summed E-state index contributed by atoms with van der Waals surface area (Å²) in [6.07, 6.45) is 4.59. The number of Topliss-reactive ketones (excluding diaryl/α,β-unsaturated/α-hetero) is 1. The lowest BCUT2D eigenvalue weighted by Gasteiger charge is -2.26. The van der Waals surface area contributed by atoms with E-state index in [4.69, 9.17) is 0 Å². The van der Waals surface area contributed by atoms with E-state index < -0.39 is 23.3 Å². The number of ketones is 1. The van der Waals surface area contributed by atoms with E-state index in [1.54, 1.807) is 54.6 Å². The Balaban J connectivity index is 2.52. The molecule has 5 heteroatoms. The van der Waals surface area contributed by atoms with Crippen molar-refractivity contribution in [1.82, 2.24) is 9.47 Å². The molecule has 0 aliphatic rings. The maximum absolute atomic E-state index is 13.0. The first-order valence-corrected chi connectivity index (χ1v) is 7.87. The largest absolute Gasteiger partial charge is 0.333 e. The second kappa shape index (κ2) is 8.59. The van der Waals surface area contributed by atoms with Crippen LogP contribution in [0.5, 0.6) is 0 Å². The number of nitrogens with zero attached hydrogens (tertiary/aromatic N) is 2. The van der Waals surface area contributed by atoms with Crippen LogP contribution in [0.25, 0.3) is 0 Å². The topological polar surface area (TPSA) is 59.4 Å². The molecule has 0 radical (unpaired) electrons. The number of aromatic nitrogens is 1. The first-order chi connectivity index (χ1) is 12.1. The molecule has 1 unspecified atom stereocenters. The third-order valence-electron chi connectivity index (χ3n) is 3.68. The summed E-state index contributed by atoms with van der Waals surface area (Å²) in [5.41, 5.74) is -0.0453. The predicted octanol–water partition coefficient (Wildman–Crippen LogP) is 2.47. The molecule has 1 aromatic heterocycles. The zero-order valence-corrected chi connectivity index (χ0v) is 13.9. The summed E-state index contributed by atoms with van der Waals surface area (Å²) in [7, 11) is 0. The van der Waals surface area contributed by atoms with E-state index in [1.165, 1.54) is 17.2 Å². The van der Waals surface area contributed by atoms with Gasteiger partial charge in [-0.1, -0.05) is 48.6 Å². The second-order valence-corrected chi connectivity index (χ2v) is 5.40. The molecule has 0 bridgehead atoms. The Labute approximate surface area is 146 Å². The monoisotopic (exact) mass is 336 g/mol. The number of hydrogen-bond donors (Lipinski definition) is 0. The number of carbonyl (C=O) groups excluding carboxylic acids is 2. The molecule has 0 fully saturated rings. The molecule has 128 valence electrons. The van der Waals surface area contributed by atoms with Crippen molar-refractivity contribution in [1.29, 1.82) is 0 Å². The summed E-state index contributed by atoms with van der Waals surface area (Å²) in [5, 5.41) is 0. The first-order valence-electron chi connectivity index (χ1n) is 7.87. The normalized spacial score (nSPS) is 11.4. The zero-order chi connectivity index (χ0) is 18.2. The minimum absolute atomic E-state index is 0.255. The van der Waals surface area contributed by atoms with Gasteiger partial charge in [-0.25, -0.2) is 0 Å². The van der Waals surface area contributed by atoms with Gasteiger partial charge in [0, 0.05) is 30.9 Å². The van der Waals surface area contributed by atoms with Gasteiger partial charge in [0.25, 0.3) is 11.5 Å². The standard InChI is InChI=1S/C20H20N2O3/c1-3-13-21(14-4-2)20(25)18(22-15-9-8-12-17(22)23)19(24)16-10-6-5-7-11-16/h3-12,15,18H,1-2,13-14H2. The number of hydrogen-bond acceptors (Lipinski definition) is 3. The van der Waals surface area contributed by atoms with Crippen LogP contribution >= 0.6 is 0 Å². The van der Waals surface area contributed by atoms with Gasteiger partial charge in [-0.05, 0) is 6.07 Å². The molecule has 1 amide bonds. The van der Waals surface area contributed by atoms with Crippen LogP contribution in [0.2, 0.25) is 0 Å². The summed E-state index contributed by atoms with van der Waals surface area (Å²) in [6.45, 7) is 7.78. The fraction of sp³-hybridized carbons (Fsp3) is 0.150. The van der Waals surface area contributed by atoms with Crippen LogP contribution < -0.4 is 5.56 Å². The summed E-state index contributed by atoms with van der Waals surface area (Å²) < 4.78 is 1.16. The van der Waals surface area contributed by atoms with Gasteiger partial charge in [-0.3, -0.25) is 19.0 Å². The van der Waals surface area contributed by atoms with E-state index in [1.807, 2.05) is 0 Å². The second-order valence-electron chi connectivity index (χ2n) is 5.40. The molecule has 5 nitrogen and oxygen atoms in total. The van der Waals surface area contributed by atoms with Gasteiger partial charge >= 0.3 is 0 Å². The highest BCUT2D eigenvalue weighted by atomic mass is 16.2. The Kier molecular flexibility index (Phi) is 6.23. The van der Waals surface area contributed by atoms with Crippen LogP contribution in [0, 0.1) is 0 Å². The van der Waals surface area contributed by atoms with Crippen molar-refractivity contribution in [3.05, 3.63) is 96.0 Å². The maximum Gasteiger partial charge on any atom is 0.254 e. The Morgan fingerprint density at radius 2 is 1.60 bits per heavy atom. The average Bonchev–Trinajstić information content (AvgIpc) is 2.64. The number of amides is 1. The molecule has 0 aliphatic heterocycles. The molecular weight excluding hydrogens is 316 g/mol. The van der Waals surface area contributed by atoms with Gasteiger partial charge in [0.2, 0.25) is 0 Å². The average molecular weight is 336 g/mol. The van der Waals surface area contributed by atoms with Gasteiger partial charge in [-0.2, -0.15) is 0 Å². The Bertz CT molecular complexity index is 814. The number of carbonyl (C=O) groups is 2. The van der Waals surface area contributed by atoms with Gasteiger partial charge in [-0.15, -0.1) is 13.2 Å². The molecule has 0 N–H and O–H groups in total. The molecule has 2 rings (SSSR count). The summed E-state index contributed by atoms with van der Waals surface area (Å²) in [5.74, 6) is -0.904. The molecule has 1 atom stereocenters. The fourth-order valence-corrected chi connectivity index (χ4v) is 2.51. The van der Waals surface area contributed by atoms with Crippen molar-refractivity contribution in [2.75, 3.05) is 13.1 Å². The van der Waals surface area contributed by atoms with Crippen molar-refractivity contribution in [3.63, 3.8) is 0 Å². The van der Waals surface area contributed by atoms with Crippen LogP contribution in [-0.2, 0) is 4.79 Å². The predicted molar refractivity (Wildman–Crippen MR) is 97.5 cm³/mol. The Hall–Kier alpha value is -3.21. The first kappa shape index (κ1) is 18.1. The van der Waals surface area contributed by atoms with E-state index in [-0.39, 0.29) is 13.1 Å². The van der Waals surface area contributed by atoms with E-state index in [2.05, 4.69) is 13.2 Å². The van der Waals surface area contributed by atoms with Crippen molar-refractivity contribution in [2.45, 2.75) is 6.04 Å². The summed E-state index contributed by atoms with van der Waals surface area (Å²) in [6, 6.07) is 11.7. The lowest BCUT2D eigenvalue weighted by molar-refractivity contribution is -0.132. The van der Waals surface area contributed by atoms with Crippen LogP contribution in [0.15, 0.2) is 84.8 Å². The lowest BCUT2D eigenvalue weighted by atomic mass is 10.0. The Morgan fingerprint density at radius 1 is 1.00 bits per heavy atom.